The maximum absolute atomic E-state index is 13.4. The molecule has 1 saturated heterocycles. The Morgan fingerprint density at radius 2 is 1.79 bits per heavy atom. The molecule has 1 N–H and O–H groups in total. The molecule has 0 radical (unpaired) electrons. The highest BCUT2D eigenvalue weighted by atomic mass is 16.5. The van der Waals surface area contributed by atoms with Gasteiger partial charge in [0.1, 0.15) is 0 Å². The van der Waals surface area contributed by atoms with Crippen LogP contribution in [0.5, 0.6) is 0 Å². The number of fused-ring (bicyclic) bond motifs is 1. The summed E-state index contributed by atoms with van der Waals surface area (Å²) in [5.74, 6) is -0.101. The second-order valence-electron chi connectivity index (χ2n) is 6.98. The van der Waals surface area contributed by atoms with E-state index in [0.29, 0.717) is 60.8 Å². The summed E-state index contributed by atoms with van der Waals surface area (Å²) in [6.07, 6.45) is 0. The molecular formula is C21H23N5O3. The monoisotopic (exact) mass is 393 g/mol. The third-order valence-corrected chi connectivity index (χ3v) is 5.10. The Morgan fingerprint density at radius 3 is 2.48 bits per heavy atom. The van der Waals surface area contributed by atoms with Gasteiger partial charge in [0.2, 0.25) is 0 Å². The van der Waals surface area contributed by atoms with E-state index < -0.39 is 0 Å². The number of hydrogen-bond acceptors (Lipinski definition) is 5. The van der Waals surface area contributed by atoms with Gasteiger partial charge in [-0.1, -0.05) is 35.5 Å². The number of aromatic nitrogens is 2. The summed E-state index contributed by atoms with van der Waals surface area (Å²) in [4.78, 5) is 33.4. The van der Waals surface area contributed by atoms with E-state index in [4.69, 9.17) is 4.52 Å². The standard InChI is InChI=1S/C21H23N5O3/c1-3-22-21(28)26-11-9-25(10-12-26)20(27)16-13-17(15-7-5-4-6-8-15)23-19-18(16)14(2)24-29-19/h4-8,13H,3,9-12H2,1-2H3,(H,22,28). The first-order valence-corrected chi connectivity index (χ1v) is 9.73. The molecule has 1 aliphatic heterocycles. The molecule has 0 unspecified atom stereocenters. The van der Waals surface area contributed by atoms with Crippen LogP contribution in [0.2, 0.25) is 0 Å². The van der Waals surface area contributed by atoms with Gasteiger partial charge in [0, 0.05) is 38.3 Å². The molecule has 0 spiro atoms. The lowest BCUT2D eigenvalue weighted by Gasteiger charge is -2.34. The smallest absolute Gasteiger partial charge is 0.317 e. The zero-order chi connectivity index (χ0) is 20.4. The summed E-state index contributed by atoms with van der Waals surface area (Å²) in [7, 11) is 0. The normalized spacial score (nSPS) is 14.3. The molecule has 1 aromatic carbocycles. The average molecular weight is 393 g/mol. The Hall–Kier alpha value is -3.42. The van der Waals surface area contributed by atoms with E-state index in [2.05, 4.69) is 15.5 Å². The van der Waals surface area contributed by atoms with E-state index in [9.17, 15) is 9.59 Å². The van der Waals surface area contributed by atoms with Crippen LogP contribution in [-0.4, -0.2) is 64.6 Å². The summed E-state index contributed by atoms with van der Waals surface area (Å²) in [6, 6.07) is 11.4. The van der Waals surface area contributed by atoms with Gasteiger partial charge < -0.3 is 19.6 Å². The van der Waals surface area contributed by atoms with Crippen LogP contribution in [-0.2, 0) is 0 Å². The van der Waals surface area contributed by atoms with Crippen molar-refractivity contribution in [1.82, 2.24) is 25.3 Å². The van der Waals surface area contributed by atoms with Crippen molar-refractivity contribution in [2.24, 2.45) is 0 Å². The van der Waals surface area contributed by atoms with Crippen LogP contribution in [0.4, 0.5) is 4.79 Å². The van der Waals surface area contributed by atoms with E-state index >= 15 is 0 Å². The van der Waals surface area contributed by atoms with Crippen molar-refractivity contribution in [3.05, 3.63) is 47.7 Å². The van der Waals surface area contributed by atoms with Crippen LogP contribution in [0.15, 0.2) is 40.9 Å². The Balaban J connectivity index is 1.64. The lowest BCUT2D eigenvalue weighted by molar-refractivity contribution is 0.0667. The number of carbonyl (C=O) groups excluding carboxylic acids is 2. The molecule has 2 aromatic heterocycles. The number of benzene rings is 1. The molecule has 0 bridgehead atoms. The van der Waals surface area contributed by atoms with Gasteiger partial charge in [-0.25, -0.2) is 9.78 Å². The second kappa shape index (κ2) is 7.90. The molecular weight excluding hydrogens is 370 g/mol. The van der Waals surface area contributed by atoms with Gasteiger partial charge >= 0.3 is 6.03 Å². The molecule has 3 amide bonds. The molecule has 1 fully saturated rings. The maximum Gasteiger partial charge on any atom is 0.317 e. The molecule has 8 heteroatoms. The highest BCUT2D eigenvalue weighted by Gasteiger charge is 2.27. The molecule has 0 aliphatic carbocycles. The van der Waals surface area contributed by atoms with Crippen LogP contribution < -0.4 is 5.32 Å². The fourth-order valence-corrected chi connectivity index (χ4v) is 3.57. The minimum atomic E-state index is -0.101. The predicted octanol–water partition coefficient (Wildman–Crippen LogP) is 2.69. The Kier molecular flexibility index (Phi) is 5.16. The Bertz CT molecular complexity index is 1040. The number of nitrogens with zero attached hydrogens (tertiary/aromatic N) is 4. The van der Waals surface area contributed by atoms with Crippen molar-refractivity contribution >= 4 is 23.0 Å². The molecule has 29 heavy (non-hydrogen) atoms. The number of nitrogens with one attached hydrogen (secondary N) is 1. The molecule has 3 heterocycles. The molecule has 1 aliphatic rings. The van der Waals surface area contributed by atoms with Gasteiger partial charge in [-0.05, 0) is 19.9 Å². The first-order chi connectivity index (χ1) is 14.1. The molecule has 0 saturated carbocycles. The second-order valence-corrected chi connectivity index (χ2v) is 6.98. The Morgan fingerprint density at radius 1 is 1.10 bits per heavy atom. The number of carbonyl (C=O) groups is 2. The highest BCUT2D eigenvalue weighted by molar-refractivity contribution is 6.07. The van der Waals surface area contributed by atoms with Gasteiger partial charge in [0.15, 0.2) is 0 Å². The zero-order valence-electron chi connectivity index (χ0n) is 16.5. The van der Waals surface area contributed by atoms with Crippen molar-refractivity contribution in [3.63, 3.8) is 0 Å². The molecule has 0 atom stereocenters. The molecule has 3 aromatic rings. The summed E-state index contributed by atoms with van der Waals surface area (Å²) >= 11 is 0. The topological polar surface area (TPSA) is 91.6 Å². The first-order valence-electron chi connectivity index (χ1n) is 9.73. The molecule has 150 valence electrons. The van der Waals surface area contributed by atoms with Crippen molar-refractivity contribution in [3.8, 4) is 11.3 Å². The van der Waals surface area contributed by atoms with Crippen LogP contribution in [0.25, 0.3) is 22.4 Å². The number of urea groups is 1. The zero-order valence-corrected chi connectivity index (χ0v) is 16.5. The number of pyridine rings is 1. The quantitative estimate of drug-likeness (QED) is 0.739. The number of hydrogen-bond donors (Lipinski definition) is 1. The van der Waals surface area contributed by atoms with Crippen LogP contribution in [0.3, 0.4) is 0 Å². The van der Waals surface area contributed by atoms with E-state index in [1.165, 1.54) is 0 Å². The van der Waals surface area contributed by atoms with Crippen molar-refractivity contribution in [2.75, 3.05) is 32.7 Å². The molecule has 4 rings (SSSR count). The highest BCUT2D eigenvalue weighted by Crippen LogP contribution is 2.28. The van der Waals surface area contributed by atoms with Gasteiger partial charge in [-0.3, -0.25) is 4.79 Å². The fraction of sp³-hybridized carbons (Fsp3) is 0.333. The number of piperazine rings is 1. The minimum absolute atomic E-state index is 0.0906. The average Bonchev–Trinajstić information content (AvgIpc) is 3.14. The van der Waals surface area contributed by atoms with Crippen LogP contribution in [0.1, 0.15) is 23.0 Å². The SMILES string of the molecule is CCNC(=O)N1CCN(C(=O)c2cc(-c3ccccc3)nc3onc(C)c23)CC1. The third-order valence-electron chi connectivity index (χ3n) is 5.10. The van der Waals surface area contributed by atoms with Gasteiger partial charge in [-0.15, -0.1) is 0 Å². The minimum Gasteiger partial charge on any atom is -0.338 e. The van der Waals surface area contributed by atoms with Gasteiger partial charge in [0.25, 0.3) is 11.6 Å². The van der Waals surface area contributed by atoms with E-state index in [1.54, 1.807) is 22.8 Å². The maximum atomic E-state index is 13.4. The number of aryl methyl sites for hydroxylation is 1. The summed E-state index contributed by atoms with van der Waals surface area (Å²) in [6.45, 7) is 6.23. The lowest BCUT2D eigenvalue weighted by Crippen LogP contribution is -2.53. The lowest BCUT2D eigenvalue weighted by atomic mass is 10.0. The van der Waals surface area contributed by atoms with E-state index in [0.717, 1.165) is 5.56 Å². The number of rotatable bonds is 3. The third kappa shape index (κ3) is 3.65. The van der Waals surface area contributed by atoms with Gasteiger partial charge in [-0.2, -0.15) is 0 Å². The van der Waals surface area contributed by atoms with Crippen molar-refractivity contribution in [2.45, 2.75) is 13.8 Å². The summed E-state index contributed by atoms with van der Waals surface area (Å²) in [5, 5.41) is 7.44. The van der Waals surface area contributed by atoms with E-state index in [-0.39, 0.29) is 11.9 Å². The van der Waals surface area contributed by atoms with E-state index in [1.807, 2.05) is 37.3 Å². The fourth-order valence-electron chi connectivity index (χ4n) is 3.57. The summed E-state index contributed by atoms with van der Waals surface area (Å²) in [5.41, 5.74) is 3.08. The number of amides is 3. The largest absolute Gasteiger partial charge is 0.338 e. The predicted molar refractivity (Wildman–Crippen MR) is 109 cm³/mol. The molecule has 8 nitrogen and oxygen atoms in total. The van der Waals surface area contributed by atoms with Crippen LogP contribution >= 0.6 is 0 Å². The first kappa shape index (κ1) is 18.9. The van der Waals surface area contributed by atoms with Crippen molar-refractivity contribution < 1.29 is 14.1 Å². The Labute approximate surface area is 168 Å². The summed E-state index contributed by atoms with van der Waals surface area (Å²) < 4.78 is 5.37. The van der Waals surface area contributed by atoms with Crippen LogP contribution in [0, 0.1) is 6.92 Å². The van der Waals surface area contributed by atoms with Crippen molar-refractivity contribution in [1.29, 1.82) is 0 Å². The van der Waals surface area contributed by atoms with Gasteiger partial charge in [0.05, 0.1) is 22.3 Å².